The molecule has 0 atom stereocenters. The maximum absolute atomic E-state index is 13.0. The summed E-state index contributed by atoms with van der Waals surface area (Å²) in [4.78, 5) is 12.9. The molecular weight excluding hydrogens is 392 g/mol. The van der Waals surface area contributed by atoms with Crippen LogP contribution in [-0.2, 0) is 11.0 Å². The van der Waals surface area contributed by atoms with Gasteiger partial charge in [-0.15, -0.1) is 4.68 Å². The van der Waals surface area contributed by atoms with Gasteiger partial charge in [-0.25, -0.2) is 9.12 Å². The first kappa shape index (κ1) is 18.9. The monoisotopic (exact) mass is 406 g/mol. The maximum Gasteiger partial charge on any atom is 0.416 e. The number of nitrogens with zero attached hydrogens (tertiary/aromatic N) is 4. The van der Waals surface area contributed by atoms with Gasteiger partial charge in [-0.3, -0.25) is 4.79 Å². The Bertz CT molecular complexity index is 1120. The number of alkyl halides is 3. The van der Waals surface area contributed by atoms with E-state index in [9.17, 15) is 27.6 Å². The zero-order valence-electron chi connectivity index (χ0n) is 14.9. The number of hydrogen-bond donors (Lipinski definition) is 0. The number of fused-ring (bicyclic) bond motifs is 1. The van der Waals surface area contributed by atoms with E-state index in [2.05, 4.69) is 11.7 Å². The van der Waals surface area contributed by atoms with Gasteiger partial charge in [0.15, 0.2) is 11.9 Å². The van der Waals surface area contributed by atoms with Crippen molar-refractivity contribution in [2.75, 3.05) is 13.1 Å². The summed E-state index contributed by atoms with van der Waals surface area (Å²) >= 11 is 0. The van der Waals surface area contributed by atoms with E-state index in [0.717, 1.165) is 12.1 Å². The quantitative estimate of drug-likeness (QED) is 0.290. The van der Waals surface area contributed by atoms with Gasteiger partial charge < -0.3 is 10.1 Å². The lowest BCUT2D eigenvalue weighted by molar-refractivity contribution is -0.580. The molecule has 1 saturated heterocycles. The lowest BCUT2D eigenvalue weighted by Gasteiger charge is -2.35. The van der Waals surface area contributed by atoms with E-state index < -0.39 is 23.5 Å². The van der Waals surface area contributed by atoms with E-state index in [-0.39, 0.29) is 24.8 Å². The predicted molar refractivity (Wildman–Crippen MR) is 95.0 cm³/mol. The number of halogens is 4. The maximum atomic E-state index is 13.0. The fourth-order valence-electron chi connectivity index (χ4n) is 3.33. The number of amides is 1. The van der Waals surface area contributed by atoms with Crippen molar-refractivity contribution in [2.45, 2.75) is 12.2 Å². The number of rotatable bonds is 3. The van der Waals surface area contributed by atoms with Crippen molar-refractivity contribution in [2.24, 2.45) is 0 Å². The molecule has 0 bridgehead atoms. The molecule has 10 heteroatoms. The zero-order valence-corrected chi connectivity index (χ0v) is 14.9. The Kier molecular flexibility index (Phi) is 4.29. The molecule has 0 unspecified atom stereocenters. The fraction of sp³-hybridized carbons (Fsp3) is 0.211. The normalized spacial score (nSPS) is 14.8. The Morgan fingerprint density at radius 3 is 2.45 bits per heavy atom. The van der Waals surface area contributed by atoms with Crippen LogP contribution < -0.4 is 4.73 Å². The van der Waals surface area contributed by atoms with Gasteiger partial charge in [0, 0.05) is 5.56 Å². The molecule has 2 aromatic heterocycles. The summed E-state index contributed by atoms with van der Waals surface area (Å²) in [6.07, 6.45) is -3.18. The molecular formula is C19H14F4N4O2. The number of carbonyl (C=O) groups excluding carboxylic acids is 1. The van der Waals surface area contributed by atoms with Gasteiger partial charge in [-0.2, -0.15) is 13.2 Å². The second kappa shape index (κ2) is 6.57. The standard InChI is InChI=1S/C19H14F4N4O2/c1-11(20)18(28)25-9-14(10-25)27-17-15(3-2-8-26(17)29)16(24-27)12-4-6-13(7-5-12)19(21,22)23/h2-8,14H,1,9-10H2. The Hall–Kier alpha value is -3.43. The highest BCUT2D eigenvalue weighted by Crippen LogP contribution is 2.34. The second-order valence-electron chi connectivity index (χ2n) is 6.71. The molecule has 1 aromatic carbocycles. The first-order valence-electron chi connectivity index (χ1n) is 8.58. The third-order valence-corrected chi connectivity index (χ3v) is 4.83. The zero-order chi connectivity index (χ0) is 20.9. The van der Waals surface area contributed by atoms with E-state index in [1.54, 1.807) is 6.07 Å². The van der Waals surface area contributed by atoms with Crippen LogP contribution in [0.3, 0.4) is 0 Å². The number of hydrogen-bond acceptors (Lipinski definition) is 3. The third kappa shape index (κ3) is 3.20. The SMILES string of the molecule is C=C(F)C(=O)N1CC(n2nc(-c3ccc(C(F)(F)F)cc3)c3ccc[n+]([O-])c32)C1. The van der Waals surface area contributed by atoms with Gasteiger partial charge in [-0.05, 0) is 24.3 Å². The van der Waals surface area contributed by atoms with Crippen LogP contribution in [0, 0.1) is 5.21 Å². The number of pyridine rings is 1. The van der Waals surface area contributed by atoms with E-state index >= 15 is 0 Å². The first-order valence-corrected chi connectivity index (χ1v) is 8.58. The summed E-state index contributed by atoms with van der Waals surface area (Å²) in [7, 11) is 0. The molecule has 1 fully saturated rings. The Morgan fingerprint density at radius 1 is 1.21 bits per heavy atom. The highest BCUT2D eigenvalue weighted by molar-refractivity contribution is 5.92. The first-order chi connectivity index (χ1) is 13.7. The Balaban J connectivity index is 1.73. The van der Waals surface area contributed by atoms with Crippen LogP contribution in [0.4, 0.5) is 17.6 Å². The molecule has 0 saturated carbocycles. The third-order valence-electron chi connectivity index (χ3n) is 4.83. The molecule has 1 amide bonds. The molecule has 1 aliphatic heterocycles. The topological polar surface area (TPSA) is 65.1 Å². The molecule has 3 aromatic rings. The second-order valence-corrected chi connectivity index (χ2v) is 6.71. The molecule has 0 aliphatic carbocycles. The summed E-state index contributed by atoms with van der Waals surface area (Å²) in [6, 6.07) is 7.27. The summed E-state index contributed by atoms with van der Waals surface area (Å²) in [6.45, 7) is 3.25. The Morgan fingerprint density at radius 2 is 1.86 bits per heavy atom. The summed E-state index contributed by atoms with van der Waals surface area (Å²) < 4.78 is 53.5. The molecule has 0 radical (unpaired) electrons. The predicted octanol–water partition coefficient (Wildman–Crippen LogP) is 3.22. The minimum Gasteiger partial charge on any atom is -0.711 e. The van der Waals surface area contributed by atoms with E-state index in [1.807, 2.05) is 0 Å². The van der Waals surface area contributed by atoms with Crippen LogP contribution >= 0.6 is 0 Å². The van der Waals surface area contributed by atoms with Crippen LogP contribution in [0.25, 0.3) is 22.3 Å². The van der Waals surface area contributed by atoms with Crippen LogP contribution in [0.2, 0.25) is 0 Å². The van der Waals surface area contributed by atoms with Gasteiger partial charge in [0.1, 0.15) is 5.69 Å². The van der Waals surface area contributed by atoms with Crippen molar-refractivity contribution in [1.82, 2.24) is 14.7 Å². The average Bonchev–Trinajstić information content (AvgIpc) is 3.00. The average molecular weight is 406 g/mol. The van der Waals surface area contributed by atoms with Crippen molar-refractivity contribution in [3.63, 3.8) is 0 Å². The summed E-state index contributed by atoms with van der Waals surface area (Å²) in [5.74, 6) is -1.89. The minimum absolute atomic E-state index is 0.139. The smallest absolute Gasteiger partial charge is 0.416 e. The number of benzene rings is 1. The largest absolute Gasteiger partial charge is 0.711 e. The van der Waals surface area contributed by atoms with Crippen molar-refractivity contribution in [1.29, 1.82) is 0 Å². The van der Waals surface area contributed by atoms with Crippen LogP contribution in [0.15, 0.2) is 55.0 Å². The minimum atomic E-state index is -4.46. The Labute approximate surface area is 161 Å². The molecule has 0 N–H and O–H groups in total. The van der Waals surface area contributed by atoms with Crippen LogP contribution in [0.1, 0.15) is 11.6 Å². The van der Waals surface area contributed by atoms with Crippen LogP contribution in [0.5, 0.6) is 0 Å². The highest BCUT2D eigenvalue weighted by atomic mass is 19.4. The molecule has 4 rings (SSSR count). The number of aromatic nitrogens is 3. The van der Waals surface area contributed by atoms with Gasteiger partial charge in [-0.1, -0.05) is 23.8 Å². The highest BCUT2D eigenvalue weighted by Gasteiger charge is 2.39. The van der Waals surface area contributed by atoms with Crippen molar-refractivity contribution in [3.8, 4) is 11.3 Å². The molecule has 29 heavy (non-hydrogen) atoms. The van der Waals surface area contributed by atoms with Crippen molar-refractivity contribution in [3.05, 3.63) is 65.8 Å². The van der Waals surface area contributed by atoms with E-state index in [1.165, 1.54) is 34.0 Å². The molecule has 6 nitrogen and oxygen atoms in total. The number of carbonyl (C=O) groups is 1. The lowest BCUT2D eigenvalue weighted by Crippen LogP contribution is -2.51. The molecule has 1 aliphatic rings. The summed E-state index contributed by atoms with van der Waals surface area (Å²) in [5.41, 5.74) is 0.179. The fourth-order valence-corrected chi connectivity index (χ4v) is 3.33. The van der Waals surface area contributed by atoms with E-state index in [0.29, 0.717) is 21.4 Å². The van der Waals surface area contributed by atoms with Crippen LogP contribution in [-0.4, -0.2) is 33.7 Å². The van der Waals surface area contributed by atoms with E-state index in [4.69, 9.17) is 0 Å². The molecule has 0 spiro atoms. The number of likely N-dealkylation sites (tertiary alicyclic amines) is 1. The van der Waals surface area contributed by atoms with Gasteiger partial charge in [0.2, 0.25) is 0 Å². The van der Waals surface area contributed by atoms with Gasteiger partial charge in [0.05, 0.1) is 30.2 Å². The molecule has 3 heterocycles. The van der Waals surface area contributed by atoms with Gasteiger partial charge in [0.25, 0.3) is 5.91 Å². The lowest BCUT2D eigenvalue weighted by atomic mass is 10.1. The molecule has 150 valence electrons. The van der Waals surface area contributed by atoms with Crippen molar-refractivity contribution >= 4 is 16.9 Å². The summed E-state index contributed by atoms with van der Waals surface area (Å²) in [5, 5.41) is 17.2. The van der Waals surface area contributed by atoms with Gasteiger partial charge >= 0.3 is 11.8 Å². The van der Waals surface area contributed by atoms with Crippen molar-refractivity contribution < 1.29 is 27.1 Å².